The van der Waals surface area contributed by atoms with E-state index in [4.69, 9.17) is 15.7 Å². The molecule has 2 aromatic carbocycles. The maximum absolute atomic E-state index is 11.8. The number of primary amides is 1. The highest BCUT2D eigenvalue weighted by Crippen LogP contribution is 2.26. The average Bonchev–Trinajstić information content (AvgIpc) is 3.22. The lowest BCUT2D eigenvalue weighted by molar-refractivity contribution is 0.100. The Hall–Kier alpha value is -3.78. The molecule has 0 spiro atoms. The summed E-state index contributed by atoms with van der Waals surface area (Å²) in [6, 6.07) is 15.9. The van der Waals surface area contributed by atoms with E-state index in [9.17, 15) is 4.79 Å². The first-order chi connectivity index (χ1) is 15.1. The van der Waals surface area contributed by atoms with Crippen LogP contribution in [0, 0.1) is 0 Å². The van der Waals surface area contributed by atoms with Gasteiger partial charge in [-0.05, 0) is 31.0 Å². The molecule has 2 aromatic heterocycles. The van der Waals surface area contributed by atoms with Crippen LogP contribution in [0.5, 0.6) is 0 Å². The molecule has 0 aliphatic carbocycles. The second kappa shape index (κ2) is 7.81. The summed E-state index contributed by atoms with van der Waals surface area (Å²) in [5.41, 5.74) is 9.95. The van der Waals surface area contributed by atoms with Gasteiger partial charge in [0.15, 0.2) is 0 Å². The second-order valence-corrected chi connectivity index (χ2v) is 7.78. The lowest BCUT2D eigenvalue weighted by atomic mass is 10.0. The number of hydrogen-bond donors (Lipinski definition) is 3. The third-order valence-corrected chi connectivity index (χ3v) is 5.58. The Bertz CT molecular complexity index is 1270. The Kier molecular flexibility index (Phi) is 4.83. The van der Waals surface area contributed by atoms with E-state index in [2.05, 4.69) is 34.8 Å². The molecule has 1 amide bonds. The van der Waals surface area contributed by atoms with Crippen LogP contribution in [0.4, 0.5) is 5.82 Å². The second-order valence-electron chi connectivity index (χ2n) is 7.78. The molecule has 1 aliphatic heterocycles. The Labute approximate surface area is 179 Å². The highest BCUT2D eigenvalue weighted by molar-refractivity contribution is 6.05. The van der Waals surface area contributed by atoms with E-state index in [-0.39, 0.29) is 0 Å². The zero-order valence-corrected chi connectivity index (χ0v) is 17.2. The van der Waals surface area contributed by atoms with Crippen LogP contribution in [-0.2, 0) is 19.5 Å². The number of nitrogens with two attached hydrogens (primary N) is 1. The van der Waals surface area contributed by atoms with Gasteiger partial charge in [-0.25, -0.2) is 4.98 Å². The predicted molar refractivity (Wildman–Crippen MR) is 119 cm³/mol. The van der Waals surface area contributed by atoms with E-state index in [0.717, 1.165) is 29.0 Å². The molecule has 0 saturated carbocycles. The zero-order valence-electron chi connectivity index (χ0n) is 17.2. The van der Waals surface area contributed by atoms with Crippen LogP contribution in [0.2, 0.25) is 0 Å². The molecule has 31 heavy (non-hydrogen) atoms. The normalized spacial score (nSPS) is 15.6. The molecule has 1 atom stereocenters. The van der Waals surface area contributed by atoms with Crippen molar-refractivity contribution in [1.82, 2.24) is 25.1 Å². The monoisotopic (exact) mass is 413 g/mol. The molecule has 5 rings (SSSR count). The van der Waals surface area contributed by atoms with E-state index < -0.39 is 5.91 Å². The van der Waals surface area contributed by atoms with Crippen LogP contribution >= 0.6 is 0 Å². The van der Waals surface area contributed by atoms with Crippen molar-refractivity contribution in [2.75, 3.05) is 5.32 Å². The molecule has 1 aliphatic rings. The smallest absolute Gasteiger partial charge is 0.253 e. The maximum Gasteiger partial charge on any atom is 0.253 e. The van der Waals surface area contributed by atoms with Gasteiger partial charge in [-0.3, -0.25) is 4.79 Å². The number of carbonyl (C=O) groups excluding carboxylic acids is 1. The van der Waals surface area contributed by atoms with Crippen molar-refractivity contribution in [3.8, 4) is 5.95 Å². The molecule has 0 saturated heterocycles. The molecule has 4 N–H and O–H groups in total. The third-order valence-electron chi connectivity index (χ3n) is 5.58. The van der Waals surface area contributed by atoms with Gasteiger partial charge in [0.2, 0.25) is 5.91 Å². The third kappa shape index (κ3) is 3.62. The number of fused-ring (bicyclic) bond motifs is 2. The van der Waals surface area contributed by atoms with Gasteiger partial charge in [0, 0.05) is 30.1 Å². The molecule has 8 nitrogen and oxygen atoms in total. The maximum atomic E-state index is 11.8. The first-order valence-corrected chi connectivity index (χ1v) is 10.3. The van der Waals surface area contributed by atoms with Crippen molar-refractivity contribution in [2.45, 2.75) is 32.5 Å². The molecular weight excluding hydrogens is 390 g/mol. The van der Waals surface area contributed by atoms with E-state index in [1.807, 2.05) is 24.3 Å². The van der Waals surface area contributed by atoms with E-state index in [0.29, 0.717) is 36.0 Å². The van der Waals surface area contributed by atoms with Gasteiger partial charge in [0.1, 0.15) is 5.82 Å². The molecule has 156 valence electrons. The molecule has 4 aromatic rings. The van der Waals surface area contributed by atoms with Crippen LogP contribution in [0.1, 0.15) is 34.1 Å². The van der Waals surface area contributed by atoms with Gasteiger partial charge < -0.3 is 16.4 Å². The lowest BCUT2D eigenvalue weighted by Crippen LogP contribution is -2.34. The topological polar surface area (TPSA) is 111 Å². The summed E-state index contributed by atoms with van der Waals surface area (Å²) in [5, 5.41) is 12.1. The fourth-order valence-corrected chi connectivity index (χ4v) is 3.98. The standard InChI is InChI=1S/C23H23N7O/c1-14-10-17-19(13-25-14)28-23(29-22(17)26-11-15-6-3-2-4-7-15)30-20-9-5-8-16(21(24)31)18(20)12-27-30/h2-9,12,14,25H,10-11,13H2,1H3,(H2,24,31)(H,26,28,29). The Balaban J connectivity index is 1.59. The molecule has 0 fully saturated rings. The number of aromatic nitrogens is 4. The minimum atomic E-state index is -0.486. The summed E-state index contributed by atoms with van der Waals surface area (Å²) in [6.45, 7) is 3.49. The number of anilines is 1. The fourth-order valence-electron chi connectivity index (χ4n) is 3.98. The van der Waals surface area contributed by atoms with Crippen molar-refractivity contribution in [1.29, 1.82) is 0 Å². The van der Waals surface area contributed by atoms with Crippen molar-refractivity contribution in [3.63, 3.8) is 0 Å². The van der Waals surface area contributed by atoms with Gasteiger partial charge in [0.25, 0.3) is 5.95 Å². The van der Waals surface area contributed by atoms with Gasteiger partial charge in [0.05, 0.1) is 23.0 Å². The van der Waals surface area contributed by atoms with Crippen LogP contribution in [0.15, 0.2) is 54.7 Å². The molecule has 0 bridgehead atoms. The molecule has 0 radical (unpaired) electrons. The summed E-state index contributed by atoms with van der Waals surface area (Å²) >= 11 is 0. The minimum Gasteiger partial charge on any atom is -0.366 e. The van der Waals surface area contributed by atoms with E-state index in [1.54, 1.807) is 23.0 Å². The minimum absolute atomic E-state index is 0.350. The van der Waals surface area contributed by atoms with Gasteiger partial charge in [-0.15, -0.1) is 0 Å². The first-order valence-electron chi connectivity index (χ1n) is 10.3. The molecular formula is C23H23N7O. The van der Waals surface area contributed by atoms with Gasteiger partial charge in [-0.1, -0.05) is 36.4 Å². The van der Waals surface area contributed by atoms with Gasteiger partial charge >= 0.3 is 0 Å². The Morgan fingerprint density at radius 2 is 2.03 bits per heavy atom. The SMILES string of the molecule is CC1Cc2c(nc(-n3ncc4c(C(N)=O)cccc43)nc2NCc2ccccc2)CN1. The van der Waals surface area contributed by atoms with Crippen LogP contribution < -0.4 is 16.4 Å². The Morgan fingerprint density at radius 1 is 1.19 bits per heavy atom. The van der Waals surface area contributed by atoms with Crippen LogP contribution in [-0.4, -0.2) is 31.7 Å². The van der Waals surface area contributed by atoms with Crippen molar-refractivity contribution in [3.05, 3.63) is 77.1 Å². The zero-order chi connectivity index (χ0) is 21.4. The van der Waals surface area contributed by atoms with Gasteiger partial charge in [-0.2, -0.15) is 14.8 Å². The summed E-state index contributed by atoms with van der Waals surface area (Å²) in [5.74, 6) is 0.786. The summed E-state index contributed by atoms with van der Waals surface area (Å²) in [7, 11) is 0. The Morgan fingerprint density at radius 3 is 2.84 bits per heavy atom. The lowest BCUT2D eigenvalue weighted by Gasteiger charge is -2.25. The van der Waals surface area contributed by atoms with Crippen molar-refractivity contribution < 1.29 is 4.79 Å². The number of benzene rings is 2. The van der Waals surface area contributed by atoms with Crippen molar-refractivity contribution >= 4 is 22.6 Å². The largest absolute Gasteiger partial charge is 0.366 e. The summed E-state index contributed by atoms with van der Waals surface area (Å²) in [6.07, 6.45) is 2.48. The number of amides is 1. The number of rotatable bonds is 5. The average molecular weight is 413 g/mol. The number of carbonyl (C=O) groups is 1. The van der Waals surface area contributed by atoms with Crippen molar-refractivity contribution in [2.24, 2.45) is 5.73 Å². The molecule has 3 heterocycles. The summed E-state index contributed by atoms with van der Waals surface area (Å²) in [4.78, 5) is 21.4. The molecule has 8 heteroatoms. The first kappa shape index (κ1) is 19.2. The highest BCUT2D eigenvalue weighted by Gasteiger charge is 2.23. The summed E-state index contributed by atoms with van der Waals surface area (Å²) < 4.78 is 1.66. The number of nitrogens with zero attached hydrogens (tertiary/aromatic N) is 4. The quantitative estimate of drug-likeness (QED) is 0.464. The highest BCUT2D eigenvalue weighted by atomic mass is 16.1. The van der Waals surface area contributed by atoms with E-state index in [1.165, 1.54) is 5.56 Å². The van der Waals surface area contributed by atoms with E-state index >= 15 is 0 Å². The fraction of sp³-hybridized carbons (Fsp3) is 0.217. The molecule has 1 unspecified atom stereocenters. The number of nitrogens with one attached hydrogen (secondary N) is 2. The number of hydrogen-bond acceptors (Lipinski definition) is 6. The van der Waals surface area contributed by atoms with Crippen LogP contribution in [0.25, 0.3) is 16.9 Å². The predicted octanol–water partition coefficient (Wildman–Crippen LogP) is 2.56. The van der Waals surface area contributed by atoms with Crippen LogP contribution in [0.3, 0.4) is 0 Å².